The third-order valence-corrected chi connectivity index (χ3v) is 5.01. The third kappa shape index (κ3) is 4.04. The molecule has 28 heavy (non-hydrogen) atoms. The van der Waals surface area contributed by atoms with Crippen molar-refractivity contribution in [3.8, 4) is 5.75 Å². The first-order chi connectivity index (χ1) is 13.4. The topological polar surface area (TPSA) is 29.5 Å². The van der Waals surface area contributed by atoms with Crippen LogP contribution in [0.3, 0.4) is 0 Å². The minimum Gasteiger partial charge on any atom is -0.488 e. The van der Waals surface area contributed by atoms with E-state index < -0.39 is 0 Å². The number of amides is 1. The molecule has 146 valence electrons. The quantitative estimate of drug-likeness (QED) is 0.530. The van der Waals surface area contributed by atoms with Crippen LogP contribution in [-0.4, -0.2) is 22.9 Å². The van der Waals surface area contributed by atoms with Crippen molar-refractivity contribution in [1.29, 1.82) is 0 Å². The number of nitrogens with zero attached hydrogens (tertiary/aromatic N) is 1. The van der Waals surface area contributed by atoms with Gasteiger partial charge in [0.1, 0.15) is 12.4 Å². The summed E-state index contributed by atoms with van der Waals surface area (Å²) in [6.07, 6.45) is 0. The van der Waals surface area contributed by atoms with E-state index >= 15 is 0 Å². The van der Waals surface area contributed by atoms with Crippen LogP contribution < -0.4 is 4.74 Å². The fraction of sp³-hybridized carbons (Fsp3) is 0.320. The molecule has 3 aromatic carbocycles. The molecule has 0 heterocycles. The molecule has 0 N–H and O–H groups in total. The van der Waals surface area contributed by atoms with E-state index in [0.29, 0.717) is 17.9 Å². The number of rotatable bonds is 6. The normalized spacial score (nSPS) is 11.2. The van der Waals surface area contributed by atoms with E-state index in [1.165, 1.54) is 0 Å². The van der Waals surface area contributed by atoms with Crippen LogP contribution in [0.5, 0.6) is 5.75 Å². The van der Waals surface area contributed by atoms with E-state index in [4.69, 9.17) is 4.74 Å². The molecule has 0 spiro atoms. The third-order valence-electron chi connectivity index (χ3n) is 5.01. The maximum atomic E-state index is 13.7. The summed E-state index contributed by atoms with van der Waals surface area (Å²) in [6.45, 7) is 10.7. The Morgan fingerprint density at radius 2 is 1.57 bits per heavy atom. The van der Waals surface area contributed by atoms with Crippen LogP contribution in [0.1, 0.15) is 49.2 Å². The zero-order valence-electron chi connectivity index (χ0n) is 17.4. The predicted molar refractivity (Wildman–Crippen MR) is 116 cm³/mol. The first-order valence-corrected chi connectivity index (χ1v) is 9.92. The molecular formula is C25H29NO2. The Hall–Kier alpha value is -2.81. The molecule has 0 unspecified atom stereocenters. The highest BCUT2D eigenvalue weighted by Crippen LogP contribution is 2.33. The largest absolute Gasteiger partial charge is 0.488 e. The van der Waals surface area contributed by atoms with Crippen LogP contribution in [0.15, 0.2) is 60.7 Å². The fourth-order valence-corrected chi connectivity index (χ4v) is 3.81. The average molecular weight is 376 g/mol. The van der Waals surface area contributed by atoms with Crippen LogP contribution in [0, 0.1) is 6.92 Å². The van der Waals surface area contributed by atoms with E-state index in [2.05, 4.69) is 46.8 Å². The fourth-order valence-electron chi connectivity index (χ4n) is 3.81. The Bertz CT molecular complexity index is 953. The Labute approximate surface area is 167 Å². The first-order valence-electron chi connectivity index (χ1n) is 9.92. The van der Waals surface area contributed by atoms with Crippen molar-refractivity contribution >= 4 is 16.7 Å². The maximum absolute atomic E-state index is 13.7. The summed E-state index contributed by atoms with van der Waals surface area (Å²) in [5.41, 5.74) is 2.82. The summed E-state index contributed by atoms with van der Waals surface area (Å²) < 4.78 is 6.17. The second-order valence-electron chi connectivity index (χ2n) is 7.79. The molecule has 3 nitrogen and oxygen atoms in total. The molecule has 0 aliphatic rings. The average Bonchev–Trinajstić information content (AvgIpc) is 2.66. The molecule has 0 saturated heterocycles. The van der Waals surface area contributed by atoms with Crippen molar-refractivity contribution in [3.63, 3.8) is 0 Å². The molecule has 0 aromatic heterocycles. The van der Waals surface area contributed by atoms with E-state index in [0.717, 1.165) is 21.9 Å². The summed E-state index contributed by atoms with van der Waals surface area (Å²) in [6, 6.07) is 20.3. The lowest BCUT2D eigenvalue weighted by Gasteiger charge is -2.32. The van der Waals surface area contributed by atoms with E-state index in [9.17, 15) is 4.79 Å². The van der Waals surface area contributed by atoms with Gasteiger partial charge in [0, 0.05) is 17.5 Å². The monoisotopic (exact) mass is 375 g/mol. The molecular weight excluding hydrogens is 346 g/mol. The van der Waals surface area contributed by atoms with Crippen molar-refractivity contribution in [2.75, 3.05) is 0 Å². The number of hydrogen-bond acceptors (Lipinski definition) is 2. The zero-order valence-corrected chi connectivity index (χ0v) is 17.4. The van der Waals surface area contributed by atoms with Crippen molar-refractivity contribution in [2.24, 2.45) is 0 Å². The van der Waals surface area contributed by atoms with Crippen LogP contribution in [0.4, 0.5) is 0 Å². The molecule has 3 rings (SSSR count). The van der Waals surface area contributed by atoms with Crippen molar-refractivity contribution in [1.82, 2.24) is 4.90 Å². The van der Waals surface area contributed by atoms with Crippen LogP contribution in [0.25, 0.3) is 10.8 Å². The minimum absolute atomic E-state index is 0.0213. The van der Waals surface area contributed by atoms with E-state index in [-0.39, 0.29) is 18.0 Å². The second-order valence-corrected chi connectivity index (χ2v) is 7.79. The van der Waals surface area contributed by atoms with E-state index in [1.807, 2.05) is 53.4 Å². The summed E-state index contributed by atoms with van der Waals surface area (Å²) in [5.74, 6) is 0.662. The molecule has 0 atom stereocenters. The van der Waals surface area contributed by atoms with Crippen LogP contribution in [0.2, 0.25) is 0 Å². The van der Waals surface area contributed by atoms with E-state index in [1.54, 1.807) is 0 Å². The number of aryl methyl sites for hydroxylation is 1. The lowest BCUT2D eigenvalue weighted by Crippen LogP contribution is -2.42. The highest BCUT2D eigenvalue weighted by Gasteiger charge is 2.27. The number of fused-ring (bicyclic) bond motifs is 1. The summed E-state index contributed by atoms with van der Waals surface area (Å²) >= 11 is 0. The van der Waals surface area contributed by atoms with Gasteiger partial charge in [0.2, 0.25) is 0 Å². The van der Waals surface area contributed by atoms with Gasteiger partial charge in [-0.1, -0.05) is 54.6 Å². The van der Waals surface area contributed by atoms with Gasteiger partial charge < -0.3 is 9.64 Å². The molecule has 0 saturated carbocycles. The Balaban J connectivity index is 2.11. The summed E-state index contributed by atoms with van der Waals surface area (Å²) in [7, 11) is 0. The SMILES string of the molecule is Cc1cccc2ccc(OCc3ccccc3)c(C(=O)N(C(C)C)C(C)C)c12. The van der Waals surface area contributed by atoms with Crippen molar-refractivity contribution in [3.05, 3.63) is 77.4 Å². The molecule has 0 bridgehead atoms. The van der Waals surface area contributed by atoms with Crippen molar-refractivity contribution < 1.29 is 9.53 Å². The lowest BCUT2D eigenvalue weighted by atomic mass is 9.97. The number of carbonyl (C=O) groups excluding carboxylic acids is 1. The van der Waals surface area contributed by atoms with Gasteiger partial charge in [-0.05, 0) is 57.2 Å². The lowest BCUT2D eigenvalue weighted by molar-refractivity contribution is 0.0641. The van der Waals surface area contributed by atoms with Gasteiger partial charge in [-0.25, -0.2) is 0 Å². The second kappa shape index (κ2) is 8.47. The standard InChI is InChI=1S/C25H29NO2/c1-17(2)26(18(3)4)25(27)24-22(28-16-20-11-7-6-8-12-20)15-14-21-13-9-10-19(5)23(21)24/h6-15,17-18H,16H2,1-5H3. The molecule has 3 heteroatoms. The van der Waals surface area contributed by atoms with Gasteiger partial charge in [0.05, 0.1) is 5.56 Å². The first kappa shape index (κ1) is 19.9. The van der Waals surface area contributed by atoms with Gasteiger partial charge in [-0.2, -0.15) is 0 Å². The van der Waals surface area contributed by atoms with Gasteiger partial charge in [0.25, 0.3) is 5.91 Å². The van der Waals surface area contributed by atoms with Gasteiger partial charge in [0.15, 0.2) is 0 Å². The van der Waals surface area contributed by atoms with Crippen molar-refractivity contribution in [2.45, 2.75) is 53.3 Å². The molecule has 1 amide bonds. The minimum atomic E-state index is 0.0213. The Morgan fingerprint density at radius 1 is 0.893 bits per heavy atom. The smallest absolute Gasteiger partial charge is 0.258 e. The molecule has 0 radical (unpaired) electrons. The number of ether oxygens (including phenoxy) is 1. The Morgan fingerprint density at radius 3 is 2.21 bits per heavy atom. The zero-order chi connectivity index (χ0) is 20.3. The maximum Gasteiger partial charge on any atom is 0.258 e. The summed E-state index contributed by atoms with van der Waals surface area (Å²) in [5, 5.41) is 2.03. The van der Waals surface area contributed by atoms with Gasteiger partial charge >= 0.3 is 0 Å². The molecule has 0 fully saturated rings. The molecule has 3 aromatic rings. The number of hydrogen-bond donors (Lipinski definition) is 0. The Kier molecular flexibility index (Phi) is 6.03. The highest BCUT2D eigenvalue weighted by atomic mass is 16.5. The predicted octanol–water partition coefficient (Wildman–Crippen LogP) is 5.99. The molecule has 0 aliphatic heterocycles. The highest BCUT2D eigenvalue weighted by molar-refractivity contribution is 6.10. The van der Waals surface area contributed by atoms with Gasteiger partial charge in [-0.15, -0.1) is 0 Å². The van der Waals surface area contributed by atoms with Crippen LogP contribution in [-0.2, 0) is 6.61 Å². The van der Waals surface area contributed by atoms with Gasteiger partial charge in [-0.3, -0.25) is 4.79 Å². The van der Waals surface area contributed by atoms with Crippen LogP contribution >= 0.6 is 0 Å². The number of benzene rings is 3. The number of carbonyl (C=O) groups is 1. The summed E-state index contributed by atoms with van der Waals surface area (Å²) in [4.78, 5) is 15.6. The molecule has 0 aliphatic carbocycles.